The summed E-state index contributed by atoms with van der Waals surface area (Å²) >= 11 is 17.7. The van der Waals surface area contributed by atoms with Crippen LogP contribution in [0.3, 0.4) is 0 Å². The molecule has 1 saturated heterocycles. The number of anilines is 2. The van der Waals surface area contributed by atoms with Gasteiger partial charge in [-0.15, -0.1) is 0 Å². The first-order valence-corrected chi connectivity index (χ1v) is 9.98. The molecule has 1 aliphatic rings. The minimum atomic E-state index is 0.605. The third-order valence-corrected chi connectivity index (χ3v) is 6.54. The van der Waals surface area contributed by atoms with Crippen molar-refractivity contribution in [1.29, 1.82) is 0 Å². The Morgan fingerprint density at radius 2 is 1.75 bits per heavy atom. The third-order valence-electron chi connectivity index (χ3n) is 4.16. The Hall–Kier alpha value is -1.01. The van der Waals surface area contributed by atoms with Crippen molar-refractivity contribution in [3.8, 4) is 0 Å². The lowest BCUT2D eigenvalue weighted by Gasteiger charge is -2.36. The molecule has 3 aromatic rings. The number of benzene rings is 2. The van der Waals surface area contributed by atoms with E-state index in [-0.39, 0.29) is 0 Å². The van der Waals surface area contributed by atoms with Gasteiger partial charge in [-0.3, -0.25) is 0 Å². The number of thiazole rings is 1. The molecule has 0 amide bonds. The number of fused-ring (bicyclic) bond motifs is 1. The van der Waals surface area contributed by atoms with Gasteiger partial charge in [-0.05, 0) is 30.3 Å². The predicted octanol–water partition coefficient (Wildman–Crippen LogP) is 5.69. The molecule has 0 aliphatic carbocycles. The maximum atomic E-state index is 6.35. The Morgan fingerprint density at radius 3 is 2.54 bits per heavy atom. The second-order valence-electron chi connectivity index (χ2n) is 5.66. The molecule has 0 radical (unpaired) electrons. The quantitative estimate of drug-likeness (QED) is 0.507. The average molecular weight is 443 g/mol. The van der Waals surface area contributed by atoms with E-state index in [9.17, 15) is 0 Å². The largest absolute Gasteiger partial charge is 0.367 e. The highest BCUT2D eigenvalue weighted by Crippen LogP contribution is 2.35. The van der Waals surface area contributed by atoms with E-state index in [1.54, 1.807) is 11.3 Å². The molecular formula is C17H14BrCl2N3S. The van der Waals surface area contributed by atoms with Gasteiger partial charge in [-0.25, -0.2) is 4.98 Å². The maximum Gasteiger partial charge on any atom is 0.186 e. The van der Waals surface area contributed by atoms with Crippen molar-refractivity contribution in [3.05, 3.63) is 50.9 Å². The molecule has 2 heterocycles. The summed E-state index contributed by atoms with van der Waals surface area (Å²) in [6.07, 6.45) is 0. The van der Waals surface area contributed by atoms with E-state index in [1.165, 1.54) is 4.70 Å². The van der Waals surface area contributed by atoms with Crippen LogP contribution in [0.5, 0.6) is 0 Å². The summed E-state index contributed by atoms with van der Waals surface area (Å²) in [4.78, 5) is 9.39. The van der Waals surface area contributed by atoms with Crippen molar-refractivity contribution < 1.29 is 0 Å². The van der Waals surface area contributed by atoms with Gasteiger partial charge >= 0.3 is 0 Å². The minimum absolute atomic E-state index is 0.605. The summed E-state index contributed by atoms with van der Waals surface area (Å²) in [5.41, 5.74) is 2.07. The van der Waals surface area contributed by atoms with Crippen LogP contribution in [0.4, 0.5) is 10.8 Å². The number of aromatic nitrogens is 1. The van der Waals surface area contributed by atoms with E-state index in [1.807, 2.05) is 24.3 Å². The molecule has 0 unspecified atom stereocenters. The van der Waals surface area contributed by atoms with Crippen LogP contribution in [0.1, 0.15) is 0 Å². The van der Waals surface area contributed by atoms with Crippen LogP contribution in [0, 0.1) is 0 Å². The van der Waals surface area contributed by atoms with Crippen LogP contribution in [0.25, 0.3) is 10.2 Å². The summed E-state index contributed by atoms with van der Waals surface area (Å²) in [6.45, 7) is 3.65. The van der Waals surface area contributed by atoms with E-state index in [0.29, 0.717) is 10.0 Å². The van der Waals surface area contributed by atoms with Crippen LogP contribution in [-0.2, 0) is 0 Å². The fourth-order valence-electron chi connectivity index (χ4n) is 2.90. The van der Waals surface area contributed by atoms with Crippen LogP contribution in [-0.4, -0.2) is 31.2 Å². The normalized spacial score (nSPS) is 15.3. The standard InChI is InChI=1S/C17H14BrCl2N3S/c18-11-4-5-13-15(10-11)24-17(21-13)23-8-6-22(7-9-23)14-3-1-2-12(19)16(14)20/h1-5,10H,6-9H2. The number of hydrogen-bond donors (Lipinski definition) is 0. The van der Waals surface area contributed by atoms with E-state index in [0.717, 1.165) is 47.0 Å². The monoisotopic (exact) mass is 441 g/mol. The van der Waals surface area contributed by atoms with Crippen LogP contribution in [0.2, 0.25) is 10.0 Å². The molecule has 0 N–H and O–H groups in total. The van der Waals surface area contributed by atoms with Crippen molar-refractivity contribution in [2.45, 2.75) is 0 Å². The summed E-state index contributed by atoms with van der Waals surface area (Å²) in [5.74, 6) is 0. The van der Waals surface area contributed by atoms with Gasteiger partial charge in [-0.1, -0.05) is 56.5 Å². The zero-order chi connectivity index (χ0) is 16.7. The Bertz CT molecular complexity index is 891. The summed E-state index contributed by atoms with van der Waals surface area (Å²) in [6, 6.07) is 12.0. The number of hydrogen-bond acceptors (Lipinski definition) is 4. The molecule has 1 fully saturated rings. The van der Waals surface area contributed by atoms with E-state index < -0.39 is 0 Å². The first-order chi connectivity index (χ1) is 11.6. The molecule has 1 aromatic heterocycles. The van der Waals surface area contributed by atoms with Crippen molar-refractivity contribution in [1.82, 2.24) is 4.98 Å². The SMILES string of the molecule is Clc1cccc(N2CCN(c3nc4ccc(Br)cc4s3)CC2)c1Cl. The van der Waals surface area contributed by atoms with Gasteiger partial charge < -0.3 is 9.80 Å². The number of halogens is 3. The van der Waals surface area contributed by atoms with E-state index >= 15 is 0 Å². The molecule has 1 aliphatic heterocycles. The number of nitrogens with zero attached hydrogens (tertiary/aromatic N) is 3. The molecular weight excluding hydrogens is 429 g/mol. The summed E-state index contributed by atoms with van der Waals surface area (Å²) < 4.78 is 2.30. The minimum Gasteiger partial charge on any atom is -0.367 e. The van der Waals surface area contributed by atoms with Crippen molar-refractivity contribution in [2.24, 2.45) is 0 Å². The average Bonchev–Trinajstić information content (AvgIpc) is 3.00. The molecule has 4 rings (SSSR count). The Labute approximate surface area is 162 Å². The lowest BCUT2D eigenvalue weighted by atomic mass is 10.2. The molecule has 0 atom stereocenters. The van der Waals surface area contributed by atoms with Crippen LogP contribution >= 0.6 is 50.5 Å². The first-order valence-electron chi connectivity index (χ1n) is 7.62. The number of piperazine rings is 1. The molecule has 0 spiro atoms. The van der Waals surface area contributed by atoms with Gasteiger partial charge in [0.2, 0.25) is 0 Å². The Morgan fingerprint density at radius 1 is 1.00 bits per heavy atom. The van der Waals surface area contributed by atoms with Gasteiger partial charge in [0.05, 0.1) is 25.9 Å². The highest BCUT2D eigenvalue weighted by molar-refractivity contribution is 9.10. The fourth-order valence-corrected chi connectivity index (χ4v) is 4.88. The Balaban J connectivity index is 1.52. The van der Waals surface area contributed by atoms with Crippen molar-refractivity contribution >= 4 is 71.5 Å². The number of rotatable bonds is 2. The first kappa shape index (κ1) is 16.5. The van der Waals surface area contributed by atoms with Crippen LogP contribution < -0.4 is 9.80 Å². The van der Waals surface area contributed by atoms with Gasteiger partial charge in [0.25, 0.3) is 0 Å². The molecule has 24 heavy (non-hydrogen) atoms. The van der Waals surface area contributed by atoms with Gasteiger partial charge in [-0.2, -0.15) is 0 Å². The van der Waals surface area contributed by atoms with Crippen LogP contribution in [0.15, 0.2) is 40.9 Å². The van der Waals surface area contributed by atoms with Gasteiger partial charge in [0, 0.05) is 30.7 Å². The topological polar surface area (TPSA) is 19.4 Å². The zero-order valence-corrected chi connectivity index (χ0v) is 16.6. The smallest absolute Gasteiger partial charge is 0.186 e. The summed E-state index contributed by atoms with van der Waals surface area (Å²) in [7, 11) is 0. The molecule has 3 nitrogen and oxygen atoms in total. The lowest BCUT2D eigenvalue weighted by molar-refractivity contribution is 0.652. The summed E-state index contributed by atoms with van der Waals surface area (Å²) in [5, 5.41) is 2.32. The molecule has 2 aromatic carbocycles. The fraction of sp³-hybridized carbons (Fsp3) is 0.235. The van der Waals surface area contributed by atoms with Gasteiger partial charge in [0.1, 0.15) is 0 Å². The van der Waals surface area contributed by atoms with E-state index in [4.69, 9.17) is 28.2 Å². The predicted molar refractivity (Wildman–Crippen MR) is 108 cm³/mol. The second kappa shape index (κ2) is 6.71. The lowest BCUT2D eigenvalue weighted by Crippen LogP contribution is -2.46. The molecule has 7 heteroatoms. The molecule has 0 saturated carbocycles. The van der Waals surface area contributed by atoms with E-state index in [2.05, 4.69) is 37.9 Å². The van der Waals surface area contributed by atoms with Gasteiger partial charge in [0.15, 0.2) is 5.13 Å². The maximum absolute atomic E-state index is 6.35. The zero-order valence-electron chi connectivity index (χ0n) is 12.7. The van der Waals surface area contributed by atoms with Crippen molar-refractivity contribution in [3.63, 3.8) is 0 Å². The second-order valence-corrected chi connectivity index (χ2v) is 8.37. The molecule has 0 bridgehead atoms. The highest BCUT2D eigenvalue weighted by atomic mass is 79.9. The van der Waals surface area contributed by atoms with Crippen molar-refractivity contribution in [2.75, 3.05) is 36.0 Å². The Kier molecular flexibility index (Phi) is 4.60. The molecule has 124 valence electrons. The highest BCUT2D eigenvalue weighted by Gasteiger charge is 2.22. The third kappa shape index (κ3) is 3.10.